The number of aliphatic hydroxyl groups is 1. The number of thiophene rings is 2. The zero-order valence-corrected chi connectivity index (χ0v) is 18.0. The Kier molecular flexibility index (Phi) is 4.88. The van der Waals surface area contributed by atoms with Gasteiger partial charge in [0.15, 0.2) is 22.9 Å². The Balaban J connectivity index is 1.59. The molecule has 5 rings (SSSR count). The molecule has 3 aromatic heterocycles. The minimum Gasteiger partial charge on any atom is -0.503 e. The van der Waals surface area contributed by atoms with Crippen LogP contribution in [0.25, 0.3) is 11.0 Å². The van der Waals surface area contributed by atoms with E-state index in [1.165, 1.54) is 34.7 Å². The van der Waals surface area contributed by atoms with Crippen LogP contribution >= 0.6 is 22.7 Å². The number of rotatable bonds is 6. The normalized spacial score (nSPS) is 16.5. The molecule has 156 valence electrons. The van der Waals surface area contributed by atoms with E-state index in [1.807, 2.05) is 41.1 Å². The van der Waals surface area contributed by atoms with Gasteiger partial charge in [-0.15, -0.1) is 22.7 Å². The van der Waals surface area contributed by atoms with Crippen LogP contribution in [0.4, 0.5) is 0 Å². The molecule has 1 N–H and O–H groups in total. The summed E-state index contributed by atoms with van der Waals surface area (Å²) in [6.07, 6.45) is 0. The molecule has 4 aromatic rings. The van der Waals surface area contributed by atoms with Crippen LogP contribution in [0.3, 0.4) is 0 Å². The smallest absolute Gasteiger partial charge is 0.290 e. The molecule has 1 unspecified atom stereocenters. The van der Waals surface area contributed by atoms with Crippen molar-refractivity contribution in [3.8, 4) is 5.75 Å². The highest BCUT2D eigenvalue weighted by Crippen LogP contribution is 2.42. The van der Waals surface area contributed by atoms with Gasteiger partial charge in [0.05, 0.1) is 19.2 Å². The molecule has 31 heavy (non-hydrogen) atoms. The first-order valence-corrected chi connectivity index (χ1v) is 11.3. The van der Waals surface area contributed by atoms with Gasteiger partial charge in [-0.1, -0.05) is 24.3 Å². The molecule has 6 nitrogen and oxygen atoms in total. The minimum absolute atomic E-state index is 0.0297. The first-order valence-electron chi connectivity index (χ1n) is 9.49. The summed E-state index contributed by atoms with van der Waals surface area (Å²) in [5.74, 6) is -1.06. The molecule has 0 bridgehead atoms. The average molecular weight is 452 g/mol. The predicted octanol–water partition coefficient (Wildman–Crippen LogP) is 5.34. The van der Waals surface area contributed by atoms with Crippen molar-refractivity contribution >= 4 is 45.3 Å². The summed E-state index contributed by atoms with van der Waals surface area (Å²) in [6, 6.07) is 13.8. The lowest BCUT2D eigenvalue weighted by Crippen LogP contribution is -2.29. The first-order chi connectivity index (χ1) is 15.1. The Labute approximate surface area is 185 Å². The number of nitrogens with zero attached hydrogens (tertiary/aromatic N) is 1. The lowest BCUT2D eigenvalue weighted by Gasteiger charge is -2.24. The molecule has 0 fully saturated rings. The summed E-state index contributed by atoms with van der Waals surface area (Å²) in [5.41, 5.74) is 0.475. The van der Waals surface area contributed by atoms with E-state index < -0.39 is 23.5 Å². The molecule has 0 spiro atoms. The van der Waals surface area contributed by atoms with Gasteiger partial charge in [-0.2, -0.15) is 0 Å². The third kappa shape index (κ3) is 3.24. The summed E-state index contributed by atoms with van der Waals surface area (Å²) >= 11 is 2.95. The van der Waals surface area contributed by atoms with Crippen LogP contribution in [0.5, 0.6) is 5.75 Å². The zero-order chi connectivity index (χ0) is 21.5. The molecule has 1 atom stereocenters. The van der Waals surface area contributed by atoms with Crippen molar-refractivity contribution in [2.24, 2.45) is 0 Å². The maximum atomic E-state index is 13.5. The van der Waals surface area contributed by atoms with Crippen molar-refractivity contribution in [2.45, 2.75) is 12.6 Å². The monoisotopic (exact) mass is 451 g/mol. The van der Waals surface area contributed by atoms with Crippen molar-refractivity contribution in [3.05, 3.63) is 86.1 Å². The molecule has 1 aromatic carbocycles. The number of benzene rings is 1. The Hall–Kier alpha value is -3.36. The van der Waals surface area contributed by atoms with Gasteiger partial charge in [-0.25, -0.2) is 0 Å². The molecule has 0 saturated heterocycles. The second-order valence-electron chi connectivity index (χ2n) is 7.01. The number of Topliss-reactive ketones (excluding diaryl/α,β-unsaturated/α-hetero) is 1. The summed E-state index contributed by atoms with van der Waals surface area (Å²) in [5, 5.41) is 15.3. The van der Waals surface area contributed by atoms with Gasteiger partial charge in [-0.05, 0) is 35.0 Å². The Morgan fingerprint density at radius 2 is 1.97 bits per heavy atom. The fourth-order valence-electron chi connectivity index (χ4n) is 3.80. The highest BCUT2D eigenvalue weighted by atomic mass is 32.1. The second-order valence-corrected chi connectivity index (χ2v) is 9.02. The quantitative estimate of drug-likeness (QED) is 0.400. The summed E-state index contributed by atoms with van der Waals surface area (Å²) < 4.78 is 11.1. The predicted molar refractivity (Wildman–Crippen MR) is 119 cm³/mol. The molecule has 0 radical (unpaired) electrons. The fraction of sp³-hybridized carbons (Fsp3) is 0.130. The number of carbonyl (C=O) groups is 2. The molecule has 1 aliphatic rings. The van der Waals surface area contributed by atoms with E-state index in [1.54, 1.807) is 18.2 Å². The SMILES string of the molecule is COc1cccc2cc(C(=O)C3=C(O)C(=O)N(Cc4cccs4)C3c3cccs3)oc12. The average Bonchev–Trinajstić information content (AvgIpc) is 3.57. The van der Waals surface area contributed by atoms with Crippen LogP contribution in [0.2, 0.25) is 0 Å². The van der Waals surface area contributed by atoms with Crippen LogP contribution in [0.1, 0.15) is 26.4 Å². The number of hydrogen-bond donors (Lipinski definition) is 1. The maximum Gasteiger partial charge on any atom is 0.290 e. The zero-order valence-electron chi connectivity index (χ0n) is 16.4. The maximum absolute atomic E-state index is 13.5. The molecule has 8 heteroatoms. The van der Waals surface area contributed by atoms with Gasteiger partial charge < -0.3 is 19.2 Å². The van der Waals surface area contributed by atoms with Gasteiger partial charge >= 0.3 is 0 Å². The van der Waals surface area contributed by atoms with E-state index in [9.17, 15) is 14.7 Å². The largest absolute Gasteiger partial charge is 0.503 e. The molecular weight excluding hydrogens is 434 g/mol. The van der Waals surface area contributed by atoms with Crippen LogP contribution in [0.15, 0.2) is 75.0 Å². The molecule has 0 saturated carbocycles. The van der Waals surface area contributed by atoms with Gasteiger partial charge in [0.25, 0.3) is 5.91 Å². The van der Waals surface area contributed by atoms with E-state index in [2.05, 4.69) is 0 Å². The van der Waals surface area contributed by atoms with E-state index in [0.717, 1.165) is 9.75 Å². The number of furan rings is 1. The highest BCUT2D eigenvalue weighted by molar-refractivity contribution is 7.10. The highest BCUT2D eigenvalue weighted by Gasteiger charge is 2.45. The number of carbonyl (C=O) groups excluding carboxylic acids is 2. The van der Waals surface area contributed by atoms with Crippen molar-refractivity contribution in [3.63, 3.8) is 0 Å². The van der Waals surface area contributed by atoms with Crippen LogP contribution < -0.4 is 4.74 Å². The topological polar surface area (TPSA) is 80.0 Å². The summed E-state index contributed by atoms with van der Waals surface area (Å²) in [6.45, 7) is 0.299. The van der Waals surface area contributed by atoms with Crippen molar-refractivity contribution in [1.82, 2.24) is 4.90 Å². The number of ether oxygens (including phenoxy) is 1. The number of hydrogen-bond acceptors (Lipinski definition) is 7. The van der Waals surface area contributed by atoms with E-state index in [-0.39, 0.29) is 11.3 Å². The van der Waals surface area contributed by atoms with Crippen LogP contribution in [0, 0.1) is 0 Å². The number of aliphatic hydroxyl groups excluding tert-OH is 1. The number of methoxy groups -OCH3 is 1. The van der Waals surface area contributed by atoms with Gasteiger partial charge in [0.2, 0.25) is 5.78 Å². The molecular formula is C23H17NO5S2. The van der Waals surface area contributed by atoms with Crippen LogP contribution in [-0.4, -0.2) is 28.8 Å². The molecule has 1 aliphatic heterocycles. The number of ketones is 1. The molecule has 0 aliphatic carbocycles. The third-order valence-electron chi connectivity index (χ3n) is 5.22. The summed E-state index contributed by atoms with van der Waals surface area (Å²) in [4.78, 5) is 29.8. The second kappa shape index (κ2) is 7.72. The van der Waals surface area contributed by atoms with E-state index >= 15 is 0 Å². The lowest BCUT2D eigenvalue weighted by molar-refractivity contribution is -0.129. The van der Waals surface area contributed by atoms with Gasteiger partial charge in [-0.3, -0.25) is 9.59 Å². The van der Waals surface area contributed by atoms with Crippen molar-refractivity contribution < 1.29 is 23.8 Å². The Morgan fingerprint density at radius 1 is 1.16 bits per heavy atom. The van der Waals surface area contributed by atoms with Crippen LogP contribution in [-0.2, 0) is 11.3 Å². The Morgan fingerprint density at radius 3 is 2.68 bits per heavy atom. The van der Waals surface area contributed by atoms with Gasteiger partial charge in [0.1, 0.15) is 6.04 Å². The Bertz CT molecular complexity index is 1300. The first kappa shape index (κ1) is 19.6. The van der Waals surface area contributed by atoms with E-state index in [0.29, 0.717) is 23.3 Å². The van der Waals surface area contributed by atoms with Gasteiger partial charge in [0, 0.05) is 15.1 Å². The number of fused-ring (bicyclic) bond motifs is 1. The lowest BCUT2D eigenvalue weighted by atomic mass is 10.00. The van der Waals surface area contributed by atoms with E-state index in [4.69, 9.17) is 9.15 Å². The minimum atomic E-state index is -0.683. The molecule has 4 heterocycles. The summed E-state index contributed by atoms with van der Waals surface area (Å²) in [7, 11) is 1.53. The van der Waals surface area contributed by atoms with Crippen molar-refractivity contribution in [2.75, 3.05) is 7.11 Å². The number of para-hydroxylation sites is 1. The fourth-order valence-corrected chi connectivity index (χ4v) is 5.35. The third-order valence-corrected chi connectivity index (χ3v) is 7.00. The standard InChI is InChI=1S/C23H17NO5S2/c1-28-15-7-2-5-13-11-16(29-22(13)15)20(25)18-19(17-8-4-10-31-17)24(23(27)21(18)26)12-14-6-3-9-30-14/h2-11,19,26H,12H2,1H3. The van der Waals surface area contributed by atoms with Crippen molar-refractivity contribution in [1.29, 1.82) is 0 Å². The molecule has 1 amide bonds. The number of amides is 1.